The Morgan fingerprint density at radius 3 is 2.78 bits per heavy atom. The number of ether oxygens (including phenoxy) is 1. The molecule has 0 radical (unpaired) electrons. The Labute approximate surface area is 103 Å². The molecule has 1 unspecified atom stereocenters. The van der Waals surface area contributed by atoms with Crippen LogP contribution in [0.25, 0.3) is 0 Å². The van der Waals surface area contributed by atoms with E-state index in [1.54, 1.807) is 0 Å². The number of nitro groups is 1. The molecule has 1 aromatic heterocycles. The molecule has 0 aliphatic rings. The first-order chi connectivity index (χ1) is 8.49. The second-order valence-electron chi connectivity index (χ2n) is 3.60. The highest BCUT2D eigenvalue weighted by Crippen LogP contribution is 2.26. The summed E-state index contributed by atoms with van der Waals surface area (Å²) in [6, 6.07) is -0.512. The molecule has 0 aromatic carbocycles. The van der Waals surface area contributed by atoms with Gasteiger partial charge in [0.15, 0.2) is 0 Å². The molecule has 0 amide bonds. The topological polar surface area (TPSA) is 136 Å². The van der Waals surface area contributed by atoms with Gasteiger partial charge in [0.1, 0.15) is 5.69 Å². The number of hydrogen-bond acceptors (Lipinski definition) is 8. The van der Waals surface area contributed by atoms with Crippen molar-refractivity contribution in [3.63, 3.8) is 0 Å². The van der Waals surface area contributed by atoms with Crippen LogP contribution in [0.3, 0.4) is 0 Å². The van der Waals surface area contributed by atoms with Gasteiger partial charge in [0, 0.05) is 7.11 Å². The first-order valence-electron chi connectivity index (χ1n) is 5.14. The number of nitrogen functional groups attached to an aromatic ring is 1. The number of nitrogens with two attached hydrogens (primary N) is 1. The Morgan fingerprint density at radius 1 is 1.61 bits per heavy atom. The Kier molecular flexibility index (Phi) is 4.75. The maximum absolute atomic E-state index is 10.9. The average molecular weight is 257 g/mol. The predicted molar refractivity (Wildman–Crippen MR) is 64.2 cm³/mol. The Morgan fingerprint density at radius 2 is 2.28 bits per heavy atom. The fourth-order valence-corrected chi connectivity index (χ4v) is 1.44. The molecule has 4 N–H and O–H groups in total. The van der Waals surface area contributed by atoms with Gasteiger partial charge in [-0.2, -0.15) is 4.98 Å². The third-order valence-corrected chi connectivity index (χ3v) is 2.19. The van der Waals surface area contributed by atoms with E-state index in [9.17, 15) is 10.1 Å². The van der Waals surface area contributed by atoms with Crippen LogP contribution in [0.5, 0.6) is 0 Å². The van der Waals surface area contributed by atoms with E-state index < -0.39 is 11.0 Å². The van der Waals surface area contributed by atoms with Crippen molar-refractivity contribution in [2.75, 3.05) is 31.4 Å². The first kappa shape index (κ1) is 14.1. The normalized spacial score (nSPS) is 12.2. The highest BCUT2D eigenvalue weighted by atomic mass is 16.6. The number of nitrogens with zero attached hydrogens (tertiary/aromatic N) is 3. The zero-order valence-electron chi connectivity index (χ0n) is 10.1. The summed E-state index contributed by atoms with van der Waals surface area (Å²) in [6.45, 7) is 1.39. The van der Waals surface area contributed by atoms with E-state index in [0.29, 0.717) is 0 Å². The van der Waals surface area contributed by atoms with Crippen LogP contribution in [-0.4, -0.2) is 46.4 Å². The quantitative estimate of drug-likeness (QED) is 0.466. The molecule has 0 saturated heterocycles. The number of aliphatic hydroxyl groups excluding tert-OH is 1. The number of methoxy groups -OCH3 is 1. The predicted octanol–water partition coefficient (Wildman–Crippen LogP) is -0.305. The van der Waals surface area contributed by atoms with Crippen molar-refractivity contribution in [2.24, 2.45) is 0 Å². The van der Waals surface area contributed by atoms with E-state index in [0.717, 1.165) is 0 Å². The highest BCUT2D eigenvalue weighted by Gasteiger charge is 2.23. The van der Waals surface area contributed by atoms with Crippen molar-refractivity contribution in [2.45, 2.75) is 13.0 Å². The lowest BCUT2D eigenvalue weighted by atomic mass is 10.3. The summed E-state index contributed by atoms with van der Waals surface area (Å²) in [6.07, 6.45) is 0. The molecule has 0 saturated carbocycles. The second kappa shape index (κ2) is 6.07. The van der Waals surface area contributed by atoms with E-state index in [4.69, 9.17) is 15.6 Å². The minimum absolute atomic E-state index is 0.0268. The van der Waals surface area contributed by atoms with E-state index in [1.165, 1.54) is 14.0 Å². The van der Waals surface area contributed by atoms with Crippen LogP contribution in [0.1, 0.15) is 5.69 Å². The maximum atomic E-state index is 10.9. The molecule has 1 rings (SSSR count). The third-order valence-electron chi connectivity index (χ3n) is 2.19. The van der Waals surface area contributed by atoms with E-state index >= 15 is 0 Å². The minimum atomic E-state index is -0.599. The number of aromatic nitrogens is 2. The standard InChI is InChI=1S/C9H15N5O4/c1-5-7(14(16)17)8(13-9(10)11-5)12-6(3-15)4-18-2/h6,15H,3-4H2,1-2H3,(H3,10,11,12,13). The zero-order chi connectivity index (χ0) is 13.7. The second-order valence-corrected chi connectivity index (χ2v) is 3.60. The highest BCUT2D eigenvalue weighted by molar-refractivity contribution is 5.60. The van der Waals surface area contributed by atoms with Gasteiger partial charge in [-0.3, -0.25) is 10.1 Å². The molecule has 9 heteroatoms. The molecule has 0 bridgehead atoms. The first-order valence-corrected chi connectivity index (χ1v) is 5.14. The molecule has 0 spiro atoms. The SMILES string of the molecule is COCC(CO)Nc1nc(N)nc(C)c1[N+](=O)[O-]. The van der Waals surface area contributed by atoms with Crippen LogP contribution in [0, 0.1) is 17.0 Å². The number of aliphatic hydroxyl groups is 1. The van der Waals surface area contributed by atoms with Gasteiger partial charge in [-0.05, 0) is 6.92 Å². The molecule has 18 heavy (non-hydrogen) atoms. The van der Waals surface area contributed by atoms with Gasteiger partial charge in [-0.1, -0.05) is 0 Å². The maximum Gasteiger partial charge on any atom is 0.332 e. The summed E-state index contributed by atoms with van der Waals surface area (Å²) in [5, 5.41) is 22.7. The van der Waals surface area contributed by atoms with Gasteiger partial charge >= 0.3 is 5.69 Å². The van der Waals surface area contributed by atoms with Crippen molar-refractivity contribution in [3.8, 4) is 0 Å². The van der Waals surface area contributed by atoms with Gasteiger partial charge in [-0.25, -0.2) is 4.98 Å². The Balaban J connectivity index is 3.09. The van der Waals surface area contributed by atoms with Crippen molar-refractivity contribution >= 4 is 17.5 Å². The van der Waals surface area contributed by atoms with Crippen LogP contribution in [-0.2, 0) is 4.74 Å². The Bertz CT molecular complexity index is 439. The van der Waals surface area contributed by atoms with Gasteiger partial charge in [0.05, 0.1) is 24.2 Å². The number of aryl methyl sites for hydroxylation is 1. The van der Waals surface area contributed by atoms with Crippen LogP contribution < -0.4 is 11.1 Å². The monoisotopic (exact) mass is 257 g/mol. The molecule has 0 aliphatic heterocycles. The lowest BCUT2D eigenvalue weighted by Gasteiger charge is -2.16. The smallest absolute Gasteiger partial charge is 0.332 e. The lowest BCUT2D eigenvalue weighted by molar-refractivity contribution is -0.385. The average Bonchev–Trinajstić information content (AvgIpc) is 2.26. The van der Waals surface area contributed by atoms with Gasteiger partial charge in [-0.15, -0.1) is 0 Å². The van der Waals surface area contributed by atoms with Crippen LogP contribution in [0.4, 0.5) is 17.5 Å². The van der Waals surface area contributed by atoms with Gasteiger partial charge in [0.25, 0.3) is 0 Å². The summed E-state index contributed by atoms with van der Waals surface area (Å²) in [7, 11) is 1.46. The van der Waals surface area contributed by atoms with Crippen LogP contribution in [0.2, 0.25) is 0 Å². The van der Waals surface area contributed by atoms with Crippen molar-refractivity contribution in [1.82, 2.24) is 9.97 Å². The minimum Gasteiger partial charge on any atom is -0.394 e. The Hall–Kier alpha value is -2.00. The number of anilines is 2. The summed E-state index contributed by atoms with van der Waals surface area (Å²) in [4.78, 5) is 17.8. The molecule has 9 nitrogen and oxygen atoms in total. The fourth-order valence-electron chi connectivity index (χ4n) is 1.44. The molecular formula is C9H15N5O4. The number of hydrogen-bond donors (Lipinski definition) is 3. The largest absolute Gasteiger partial charge is 0.394 e. The van der Waals surface area contributed by atoms with E-state index in [1.807, 2.05) is 0 Å². The van der Waals surface area contributed by atoms with Crippen molar-refractivity contribution < 1.29 is 14.8 Å². The fraction of sp³-hybridized carbons (Fsp3) is 0.556. The van der Waals surface area contributed by atoms with Crippen LogP contribution in [0.15, 0.2) is 0 Å². The molecular weight excluding hydrogens is 242 g/mol. The van der Waals surface area contributed by atoms with Crippen molar-refractivity contribution in [1.29, 1.82) is 0 Å². The molecule has 100 valence electrons. The summed E-state index contributed by atoms with van der Waals surface area (Å²) >= 11 is 0. The van der Waals surface area contributed by atoms with E-state index in [2.05, 4.69) is 15.3 Å². The molecule has 1 aromatic rings. The molecule has 0 fully saturated rings. The van der Waals surface area contributed by atoms with Gasteiger partial charge < -0.3 is 20.9 Å². The molecule has 1 atom stereocenters. The number of nitrogens with one attached hydrogen (secondary N) is 1. The summed E-state index contributed by atoms with van der Waals surface area (Å²) in [5.41, 5.74) is 5.33. The zero-order valence-corrected chi connectivity index (χ0v) is 10.1. The van der Waals surface area contributed by atoms with E-state index in [-0.39, 0.29) is 36.4 Å². The summed E-state index contributed by atoms with van der Waals surface area (Å²) in [5.74, 6) is -0.101. The number of rotatable bonds is 6. The molecule has 1 heterocycles. The third kappa shape index (κ3) is 3.25. The van der Waals surface area contributed by atoms with Crippen molar-refractivity contribution in [3.05, 3.63) is 15.8 Å². The van der Waals surface area contributed by atoms with Gasteiger partial charge in [0.2, 0.25) is 11.8 Å². The molecule has 0 aliphatic carbocycles. The lowest BCUT2D eigenvalue weighted by Crippen LogP contribution is -2.30. The van der Waals surface area contributed by atoms with Crippen LogP contribution >= 0.6 is 0 Å². The summed E-state index contributed by atoms with van der Waals surface area (Å²) < 4.78 is 4.86.